The fraction of sp³-hybridized carbons (Fsp3) is 0.250. The molecule has 0 unspecified atom stereocenters. The molecule has 0 saturated carbocycles. The monoisotopic (exact) mass is 302 g/mol. The Hall–Kier alpha value is -1.98. The van der Waals surface area contributed by atoms with Gasteiger partial charge in [-0.3, -0.25) is 4.79 Å². The number of hydrogen-bond donors (Lipinski definition) is 2. The van der Waals surface area contributed by atoms with Crippen molar-refractivity contribution in [2.75, 3.05) is 11.9 Å². The van der Waals surface area contributed by atoms with Crippen LogP contribution in [-0.4, -0.2) is 22.6 Å². The Labute approximate surface area is 128 Å². The second-order valence-electron chi connectivity index (χ2n) is 4.64. The maximum Gasteiger partial charge on any atom is 0.248 e. The molecule has 2 rings (SSSR count). The van der Waals surface area contributed by atoms with Crippen LogP contribution in [0.4, 0.5) is 5.69 Å². The van der Waals surface area contributed by atoms with Gasteiger partial charge in [0.05, 0.1) is 10.7 Å². The number of benzene rings is 1. The number of nitrogens with zero attached hydrogens (tertiary/aromatic N) is 1. The Balaban J connectivity index is 1.94. The van der Waals surface area contributed by atoms with Gasteiger partial charge in [0.15, 0.2) is 0 Å². The fourth-order valence-corrected chi connectivity index (χ4v) is 2.47. The van der Waals surface area contributed by atoms with Crippen LogP contribution in [0.25, 0.3) is 6.08 Å². The quantitative estimate of drug-likeness (QED) is 0.806. The predicted octanol–water partition coefficient (Wildman–Crippen LogP) is 3.03. The first-order chi connectivity index (χ1) is 10.2. The zero-order valence-corrected chi connectivity index (χ0v) is 12.7. The van der Waals surface area contributed by atoms with E-state index < -0.39 is 0 Å². The number of aromatic nitrogens is 1. The number of aliphatic hydroxyl groups excluding tert-OH is 1. The largest absolute Gasteiger partial charge is 0.396 e. The van der Waals surface area contributed by atoms with Crippen molar-refractivity contribution in [1.82, 2.24) is 4.98 Å². The molecule has 110 valence electrons. The van der Waals surface area contributed by atoms with Gasteiger partial charge in [-0.05, 0) is 43.5 Å². The molecule has 0 fully saturated rings. The summed E-state index contributed by atoms with van der Waals surface area (Å²) in [5.41, 5.74) is 2.65. The Morgan fingerprint density at radius 1 is 1.48 bits per heavy atom. The summed E-state index contributed by atoms with van der Waals surface area (Å²) in [6.45, 7) is 2.10. The normalized spacial score (nSPS) is 11.0. The molecule has 21 heavy (non-hydrogen) atoms. The number of amides is 1. The first-order valence-electron chi connectivity index (χ1n) is 6.78. The van der Waals surface area contributed by atoms with Crippen molar-refractivity contribution < 1.29 is 9.90 Å². The highest BCUT2D eigenvalue weighted by Gasteiger charge is 2.00. The second kappa shape index (κ2) is 7.71. The van der Waals surface area contributed by atoms with Crippen LogP contribution in [0.5, 0.6) is 0 Å². The summed E-state index contributed by atoms with van der Waals surface area (Å²) in [7, 11) is 0. The average molecular weight is 302 g/mol. The molecule has 0 aliphatic rings. The van der Waals surface area contributed by atoms with Gasteiger partial charge in [-0.2, -0.15) is 0 Å². The predicted molar refractivity (Wildman–Crippen MR) is 86.4 cm³/mol. The molecule has 1 amide bonds. The van der Waals surface area contributed by atoms with E-state index in [0.29, 0.717) is 0 Å². The first kappa shape index (κ1) is 15.4. The van der Waals surface area contributed by atoms with E-state index in [9.17, 15) is 4.79 Å². The molecule has 2 aromatic rings. The molecule has 1 aromatic carbocycles. The number of aliphatic hydroxyl groups is 1. The third kappa shape index (κ3) is 5.13. The van der Waals surface area contributed by atoms with Gasteiger partial charge in [0.2, 0.25) is 5.91 Å². The number of hydrogen-bond acceptors (Lipinski definition) is 4. The first-order valence-corrected chi connectivity index (χ1v) is 7.66. The van der Waals surface area contributed by atoms with Crippen molar-refractivity contribution >= 4 is 29.0 Å². The van der Waals surface area contributed by atoms with Gasteiger partial charge in [0.1, 0.15) is 0 Å². The van der Waals surface area contributed by atoms with Crippen LogP contribution < -0.4 is 5.32 Å². The summed E-state index contributed by atoms with van der Waals surface area (Å²) in [6, 6.07) is 7.66. The standard InChI is InChI=1S/C16H18N2O2S/c1-12-17-15(11-21-12)7-8-16(20)18-14-6-2-4-13(10-14)5-3-9-19/h2,4,6-8,10-11,19H,3,5,9H2,1H3,(H,18,20)/b8-7+. The molecule has 1 heterocycles. The van der Waals surface area contributed by atoms with E-state index in [1.165, 1.54) is 6.08 Å². The van der Waals surface area contributed by atoms with Crippen molar-refractivity contribution in [2.24, 2.45) is 0 Å². The minimum atomic E-state index is -0.181. The average Bonchev–Trinajstić information content (AvgIpc) is 2.89. The van der Waals surface area contributed by atoms with Crippen LogP contribution in [0.15, 0.2) is 35.7 Å². The molecule has 0 radical (unpaired) electrons. The highest BCUT2D eigenvalue weighted by Crippen LogP contribution is 2.13. The third-order valence-electron chi connectivity index (χ3n) is 2.86. The van der Waals surface area contributed by atoms with Crippen molar-refractivity contribution in [3.8, 4) is 0 Å². The van der Waals surface area contributed by atoms with Gasteiger partial charge in [-0.15, -0.1) is 11.3 Å². The lowest BCUT2D eigenvalue weighted by Crippen LogP contribution is -2.08. The molecule has 0 aliphatic carbocycles. The van der Waals surface area contributed by atoms with E-state index in [1.807, 2.05) is 36.6 Å². The number of rotatable bonds is 6. The van der Waals surface area contributed by atoms with Crippen molar-refractivity contribution in [3.05, 3.63) is 52.0 Å². The number of carbonyl (C=O) groups excluding carboxylic acids is 1. The van der Waals surface area contributed by atoms with Gasteiger partial charge in [0.25, 0.3) is 0 Å². The Bertz CT molecular complexity index is 635. The highest BCUT2D eigenvalue weighted by atomic mass is 32.1. The second-order valence-corrected chi connectivity index (χ2v) is 5.70. The van der Waals surface area contributed by atoms with Crippen LogP contribution in [0.3, 0.4) is 0 Å². The van der Waals surface area contributed by atoms with Crippen LogP contribution in [-0.2, 0) is 11.2 Å². The maximum absolute atomic E-state index is 11.9. The van der Waals surface area contributed by atoms with E-state index in [0.717, 1.165) is 34.8 Å². The summed E-state index contributed by atoms with van der Waals surface area (Å²) in [6.07, 6.45) is 4.71. The zero-order chi connectivity index (χ0) is 15.1. The van der Waals surface area contributed by atoms with Gasteiger partial charge >= 0.3 is 0 Å². The minimum absolute atomic E-state index is 0.173. The molecular formula is C16H18N2O2S. The number of thiazole rings is 1. The lowest BCUT2D eigenvalue weighted by molar-refractivity contribution is -0.111. The van der Waals surface area contributed by atoms with E-state index in [-0.39, 0.29) is 12.5 Å². The van der Waals surface area contributed by atoms with Gasteiger partial charge < -0.3 is 10.4 Å². The summed E-state index contributed by atoms with van der Waals surface area (Å²) in [4.78, 5) is 16.1. The molecule has 0 atom stereocenters. The molecule has 4 nitrogen and oxygen atoms in total. The molecule has 1 aromatic heterocycles. The summed E-state index contributed by atoms with van der Waals surface area (Å²) in [5, 5.41) is 14.6. The Morgan fingerprint density at radius 3 is 3.05 bits per heavy atom. The van der Waals surface area contributed by atoms with Crippen molar-refractivity contribution in [2.45, 2.75) is 19.8 Å². The Kier molecular flexibility index (Phi) is 5.66. The van der Waals surface area contributed by atoms with Crippen LogP contribution in [0.1, 0.15) is 22.7 Å². The molecule has 5 heteroatoms. The van der Waals surface area contributed by atoms with E-state index >= 15 is 0 Å². The number of carbonyl (C=O) groups is 1. The summed E-state index contributed by atoms with van der Waals surface area (Å²) >= 11 is 1.56. The number of nitrogens with one attached hydrogen (secondary N) is 1. The topological polar surface area (TPSA) is 62.2 Å². The van der Waals surface area contributed by atoms with Gasteiger partial charge in [0, 0.05) is 23.8 Å². The molecule has 0 saturated heterocycles. The van der Waals surface area contributed by atoms with Gasteiger partial charge in [-0.25, -0.2) is 4.98 Å². The number of aryl methyl sites for hydroxylation is 2. The smallest absolute Gasteiger partial charge is 0.248 e. The lowest BCUT2D eigenvalue weighted by Gasteiger charge is -2.05. The molecule has 0 bridgehead atoms. The van der Waals surface area contributed by atoms with Crippen LogP contribution >= 0.6 is 11.3 Å². The molecule has 2 N–H and O–H groups in total. The van der Waals surface area contributed by atoms with E-state index in [1.54, 1.807) is 17.4 Å². The SMILES string of the molecule is Cc1nc(/C=C/C(=O)Nc2cccc(CCCO)c2)cs1. The maximum atomic E-state index is 11.9. The summed E-state index contributed by atoms with van der Waals surface area (Å²) < 4.78 is 0. The third-order valence-corrected chi connectivity index (χ3v) is 3.65. The van der Waals surface area contributed by atoms with Crippen LogP contribution in [0.2, 0.25) is 0 Å². The van der Waals surface area contributed by atoms with Crippen molar-refractivity contribution in [1.29, 1.82) is 0 Å². The molecule has 0 spiro atoms. The molecular weight excluding hydrogens is 284 g/mol. The van der Waals surface area contributed by atoms with E-state index in [2.05, 4.69) is 10.3 Å². The fourth-order valence-electron chi connectivity index (χ4n) is 1.89. The lowest BCUT2D eigenvalue weighted by atomic mass is 10.1. The molecule has 0 aliphatic heterocycles. The van der Waals surface area contributed by atoms with Gasteiger partial charge in [-0.1, -0.05) is 12.1 Å². The highest BCUT2D eigenvalue weighted by molar-refractivity contribution is 7.09. The van der Waals surface area contributed by atoms with Crippen LogP contribution in [0, 0.1) is 6.92 Å². The zero-order valence-electron chi connectivity index (χ0n) is 11.9. The minimum Gasteiger partial charge on any atom is -0.396 e. The number of anilines is 1. The van der Waals surface area contributed by atoms with Crippen molar-refractivity contribution in [3.63, 3.8) is 0 Å². The Morgan fingerprint density at radius 2 is 2.33 bits per heavy atom. The van der Waals surface area contributed by atoms with E-state index in [4.69, 9.17) is 5.11 Å². The summed E-state index contributed by atoms with van der Waals surface area (Å²) in [5.74, 6) is -0.181.